The van der Waals surface area contributed by atoms with Gasteiger partial charge in [-0.05, 0) is 30.5 Å². The molecule has 138 valence electrons. The molecule has 0 aromatic heterocycles. The fourth-order valence-corrected chi connectivity index (χ4v) is 3.42. The van der Waals surface area contributed by atoms with Crippen LogP contribution in [0.15, 0.2) is 24.3 Å². The highest BCUT2D eigenvalue weighted by Crippen LogP contribution is 2.22. The van der Waals surface area contributed by atoms with E-state index in [1.54, 1.807) is 14.0 Å². The molecule has 5 heteroatoms. The minimum absolute atomic E-state index is 0.0179. The number of nitrogens with zero attached hydrogens (tertiary/aromatic N) is 1. The van der Waals surface area contributed by atoms with Gasteiger partial charge in [0.2, 0.25) is 11.8 Å². The third-order valence-corrected chi connectivity index (χ3v) is 4.90. The quantitative estimate of drug-likeness (QED) is 0.771. The van der Waals surface area contributed by atoms with Gasteiger partial charge in [0.25, 0.3) is 0 Å². The van der Waals surface area contributed by atoms with E-state index in [0.717, 1.165) is 24.2 Å². The lowest BCUT2D eigenvalue weighted by atomic mass is 10.1. The second-order valence-corrected chi connectivity index (χ2v) is 6.73. The van der Waals surface area contributed by atoms with Crippen molar-refractivity contribution in [3.63, 3.8) is 0 Å². The molecule has 1 aromatic carbocycles. The molecule has 0 heterocycles. The Balaban J connectivity index is 1.78. The van der Waals surface area contributed by atoms with Gasteiger partial charge in [-0.2, -0.15) is 0 Å². The number of nitrogens with one attached hydrogen (secondary N) is 1. The van der Waals surface area contributed by atoms with Crippen molar-refractivity contribution in [3.05, 3.63) is 29.8 Å². The summed E-state index contributed by atoms with van der Waals surface area (Å²) in [5.74, 6) is 0.862. The predicted octanol–water partition coefficient (Wildman–Crippen LogP) is 3.27. The molecule has 0 bridgehead atoms. The standard InChI is InChI=1S/C20H30N2O3/c1-16(23)22(18-7-5-3-4-6-8-18)14-13-20(24)21-15-17-9-11-19(25-2)12-10-17/h9-12,18H,3-8,13-15H2,1-2H3,(H,21,24). The Labute approximate surface area is 150 Å². The smallest absolute Gasteiger partial charge is 0.222 e. The van der Waals surface area contributed by atoms with Gasteiger partial charge in [0, 0.05) is 32.5 Å². The molecule has 0 atom stereocenters. The SMILES string of the molecule is COc1ccc(CNC(=O)CCN(C(C)=O)C2CCCCCC2)cc1. The van der Waals surface area contributed by atoms with Crippen molar-refractivity contribution in [2.45, 2.75) is 64.5 Å². The average Bonchev–Trinajstić information content (AvgIpc) is 2.89. The molecule has 1 aliphatic rings. The Morgan fingerprint density at radius 2 is 1.76 bits per heavy atom. The molecule has 1 N–H and O–H groups in total. The summed E-state index contributed by atoms with van der Waals surface area (Å²) >= 11 is 0. The summed E-state index contributed by atoms with van der Waals surface area (Å²) < 4.78 is 5.12. The number of rotatable bonds is 7. The van der Waals surface area contributed by atoms with Crippen LogP contribution in [-0.2, 0) is 16.1 Å². The molecule has 1 saturated carbocycles. The van der Waals surface area contributed by atoms with Crippen LogP contribution >= 0.6 is 0 Å². The summed E-state index contributed by atoms with van der Waals surface area (Å²) in [6.45, 7) is 2.61. The number of carbonyl (C=O) groups excluding carboxylic acids is 2. The topological polar surface area (TPSA) is 58.6 Å². The van der Waals surface area contributed by atoms with Crippen LogP contribution in [-0.4, -0.2) is 36.4 Å². The van der Waals surface area contributed by atoms with Crippen LogP contribution in [0.4, 0.5) is 0 Å². The number of methoxy groups -OCH3 is 1. The van der Waals surface area contributed by atoms with Gasteiger partial charge >= 0.3 is 0 Å². The second kappa shape index (κ2) is 10.1. The van der Waals surface area contributed by atoms with E-state index in [0.29, 0.717) is 25.6 Å². The highest BCUT2D eigenvalue weighted by atomic mass is 16.5. The van der Waals surface area contributed by atoms with Gasteiger partial charge in [0.05, 0.1) is 7.11 Å². The minimum atomic E-state index is -0.0179. The van der Waals surface area contributed by atoms with Crippen molar-refractivity contribution < 1.29 is 14.3 Å². The lowest BCUT2D eigenvalue weighted by Crippen LogP contribution is -2.41. The van der Waals surface area contributed by atoms with Crippen LogP contribution in [0, 0.1) is 0 Å². The summed E-state index contributed by atoms with van der Waals surface area (Å²) in [5, 5.41) is 2.93. The van der Waals surface area contributed by atoms with E-state index < -0.39 is 0 Å². The normalized spacial score (nSPS) is 15.3. The summed E-state index contributed by atoms with van der Waals surface area (Å²) in [5.41, 5.74) is 1.03. The zero-order valence-corrected chi connectivity index (χ0v) is 15.4. The summed E-state index contributed by atoms with van der Waals surface area (Å²) in [4.78, 5) is 26.0. The number of hydrogen-bond donors (Lipinski definition) is 1. The average molecular weight is 346 g/mol. The molecule has 1 aromatic rings. The number of carbonyl (C=O) groups is 2. The number of amides is 2. The molecule has 1 aliphatic carbocycles. The van der Waals surface area contributed by atoms with Crippen LogP contribution in [0.3, 0.4) is 0 Å². The summed E-state index contributed by atoms with van der Waals surface area (Å²) in [6.07, 6.45) is 7.34. The zero-order valence-electron chi connectivity index (χ0n) is 15.4. The highest BCUT2D eigenvalue weighted by Gasteiger charge is 2.22. The van der Waals surface area contributed by atoms with E-state index in [-0.39, 0.29) is 11.8 Å². The Bertz CT molecular complexity index is 549. The van der Waals surface area contributed by atoms with E-state index in [4.69, 9.17) is 4.74 Å². The van der Waals surface area contributed by atoms with Gasteiger partial charge in [-0.3, -0.25) is 9.59 Å². The van der Waals surface area contributed by atoms with Gasteiger partial charge in [-0.25, -0.2) is 0 Å². The van der Waals surface area contributed by atoms with Gasteiger partial charge < -0.3 is 15.0 Å². The van der Waals surface area contributed by atoms with E-state index in [1.807, 2.05) is 29.2 Å². The molecular formula is C20H30N2O3. The van der Waals surface area contributed by atoms with Crippen molar-refractivity contribution in [3.8, 4) is 5.75 Å². The third kappa shape index (κ3) is 6.40. The zero-order chi connectivity index (χ0) is 18.1. The lowest BCUT2D eigenvalue weighted by molar-refractivity contribution is -0.132. The molecule has 0 unspecified atom stereocenters. The fourth-order valence-electron chi connectivity index (χ4n) is 3.42. The number of hydrogen-bond acceptors (Lipinski definition) is 3. The molecule has 0 radical (unpaired) electrons. The summed E-state index contributed by atoms with van der Waals surface area (Å²) in [7, 11) is 1.63. The first-order valence-corrected chi connectivity index (χ1v) is 9.27. The first-order chi connectivity index (χ1) is 12.1. The van der Waals surface area contributed by atoms with Crippen LogP contribution in [0.5, 0.6) is 5.75 Å². The molecular weight excluding hydrogens is 316 g/mol. The van der Waals surface area contributed by atoms with Crippen LogP contribution in [0.25, 0.3) is 0 Å². The van der Waals surface area contributed by atoms with Gasteiger partial charge in [-0.1, -0.05) is 37.8 Å². The lowest BCUT2D eigenvalue weighted by Gasteiger charge is -2.30. The molecule has 0 aliphatic heterocycles. The van der Waals surface area contributed by atoms with Crippen LogP contribution in [0.1, 0.15) is 57.4 Å². The first kappa shape index (κ1) is 19.3. The monoisotopic (exact) mass is 346 g/mol. The molecule has 0 saturated heterocycles. The molecule has 2 amide bonds. The third-order valence-electron chi connectivity index (χ3n) is 4.90. The van der Waals surface area contributed by atoms with Crippen molar-refractivity contribution in [2.75, 3.05) is 13.7 Å². The maximum absolute atomic E-state index is 12.1. The fraction of sp³-hybridized carbons (Fsp3) is 0.600. The van der Waals surface area contributed by atoms with Gasteiger partial charge in [0.15, 0.2) is 0 Å². The van der Waals surface area contributed by atoms with Gasteiger partial charge in [-0.15, -0.1) is 0 Å². The van der Waals surface area contributed by atoms with Crippen molar-refractivity contribution >= 4 is 11.8 Å². The van der Waals surface area contributed by atoms with Crippen molar-refractivity contribution in [2.24, 2.45) is 0 Å². The largest absolute Gasteiger partial charge is 0.497 e. The Kier molecular flexibility index (Phi) is 7.76. The number of ether oxygens (including phenoxy) is 1. The second-order valence-electron chi connectivity index (χ2n) is 6.73. The number of benzene rings is 1. The molecule has 0 spiro atoms. The molecule has 25 heavy (non-hydrogen) atoms. The first-order valence-electron chi connectivity index (χ1n) is 9.27. The Morgan fingerprint density at radius 1 is 1.12 bits per heavy atom. The molecule has 5 nitrogen and oxygen atoms in total. The highest BCUT2D eigenvalue weighted by molar-refractivity contribution is 5.78. The van der Waals surface area contributed by atoms with E-state index >= 15 is 0 Å². The minimum Gasteiger partial charge on any atom is -0.497 e. The Hall–Kier alpha value is -2.04. The predicted molar refractivity (Wildman–Crippen MR) is 98.3 cm³/mol. The molecule has 1 fully saturated rings. The van der Waals surface area contributed by atoms with E-state index in [2.05, 4.69) is 5.32 Å². The molecule has 2 rings (SSSR count). The Morgan fingerprint density at radius 3 is 2.32 bits per heavy atom. The van der Waals surface area contributed by atoms with Gasteiger partial charge in [0.1, 0.15) is 5.75 Å². The van der Waals surface area contributed by atoms with E-state index in [9.17, 15) is 9.59 Å². The maximum atomic E-state index is 12.1. The van der Waals surface area contributed by atoms with E-state index in [1.165, 1.54) is 25.7 Å². The van der Waals surface area contributed by atoms with Crippen molar-refractivity contribution in [1.29, 1.82) is 0 Å². The van der Waals surface area contributed by atoms with Crippen LogP contribution in [0.2, 0.25) is 0 Å². The maximum Gasteiger partial charge on any atom is 0.222 e. The van der Waals surface area contributed by atoms with Crippen LogP contribution < -0.4 is 10.1 Å². The summed E-state index contributed by atoms with van der Waals surface area (Å²) in [6, 6.07) is 7.93. The van der Waals surface area contributed by atoms with Crippen molar-refractivity contribution in [1.82, 2.24) is 10.2 Å².